The van der Waals surface area contributed by atoms with E-state index in [0.29, 0.717) is 13.2 Å². The summed E-state index contributed by atoms with van der Waals surface area (Å²) in [6.45, 7) is 4.52. The lowest BCUT2D eigenvalue weighted by Gasteiger charge is -2.31. The van der Waals surface area contributed by atoms with Crippen molar-refractivity contribution in [2.24, 2.45) is 4.99 Å². The first kappa shape index (κ1) is 19.1. The van der Waals surface area contributed by atoms with Crippen LogP contribution < -0.4 is 10.6 Å². The Morgan fingerprint density at radius 1 is 1.38 bits per heavy atom. The van der Waals surface area contributed by atoms with Gasteiger partial charge >= 0.3 is 0 Å². The van der Waals surface area contributed by atoms with E-state index in [1.807, 2.05) is 4.68 Å². The molecule has 0 bridgehead atoms. The quantitative estimate of drug-likeness (QED) is 0.515. The van der Waals surface area contributed by atoms with Crippen LogP contribution in [0.1, 0.15) is 57.1 Å². The predicted octanol–water partition coefficient (Wildman–Crippen LogP) is 0.990. The molecular weight excluding hydrogens is 332 g/mol. The second-order valence-corrected chi connectivity index (χ2v) is 7.42. The van der Waals surface area contributed by atoms with Crippen molar-refractivity contribution in [2.75, 3.05) is 20.2 Å². The van der Waals surface area contributed by atoms with E-state index >= 15 is 0 Å². The summed E-state index contributed by atoms with van der Waals surface area (Å²) in [5.41, 5.74) is -0.638. The fraction of sp³-hybridized carbons (Fsp3) is 0.833. The Balaban J connectivity index is 1.59. The molecule has 1 aromatic heterocycles. The zero-order valence-corrected chi connectivity index (χ0v) is 16.0. The van der Waals surface area contributed by atoms with Crippen molar-refractivity contribution < 1.29 is 9.84 Å². The summed E-state index contributed by atoms with van der Waals surface area (Å²) < 4.78 is 7.09. The molecule has 1 fully saturated rings. The van der Waals surface area contributed by atoms with Gasteiger partial charge in [0.15, 0.2) is 11.8 Å². The summed E-state index contributed by atoms with van der Waals surface area (Å²) in [5, 5.41) is 22.0. The Morgan fingerprint density at radius 2 is 2.19 bits per heavy atom. The van der Waals surface area contributed by atoms with Crippen LogP contribution in [0.25, 0.3) is 0 Å². The van der Waals surface area contributed by atoms with Crippen LogP contribution in [0.4, 0.5) is 0 Å². The smallest absolute Gasteiger partial charge is 0.191 e. The van der Waals surface area contributed by atoms with Crippen LogP contribution in [-0.4, -0.2) is 57.7 Å². The topological polar surface area (TPSA) is 96.6 Å². The first-order valence-corrected chi connectivity index (χ1v) is 9.80. The standard InChI is InChI=1S/C18H32N6O2/c1-3-19-17(20-13-18(25)9-5-4-6-10-18)21-14-7-8-16-22-15(12-26-2)23-24(16)11-14/h14,25H,3-13H2,1-2H3,(H2,19,20,21). The molecule has 26 heavy (non-hydrogen) atoms. The van der Waals surface area contributed by atoms with E-state index in [0.717, 1.165) is 69.2 Å². The molecule has 0 saturated heterocycles. The number of ether oxygens (including phenoxy) is 1. The largest absolute Gasteiger partial charge is 0.388 e. The van der Waals surface area contributed by atoms with Gasteiger partial charge in [-0.2, -0.15) is 5.10 Å². The van der Waals surface area contributed by atoms with Gasteiger partial charge in [0.1, 0.15) is 12.4 Å². The van der Waals surface area contributed by atoms with E-state index in [9.17, 15) is 5.11 Å². The molecule has 2 heterocycles. The molecule has 3 N–H and O–H groups in total. The highest BCUT2D eigenvalue weighted by atomic mass is 16.5. The lowest BCUT2D eigenvalue weighted by molar-refractivity contribution is 0.0131. The van der Waals surface area contributed by atoms with Crippen LogP contribution in [0, 0.1) is 0 Å². The number of aromatic nitrogens is 3. The van der Waals surface area contributed by atoms with Crippen molar-refractivity contribution >= 4 is 5.96 Å². The van der Waals surface area contributed by atoms with Crippen LogP contribution >= 0.6 is 0 Å². The van der Waals surface area contributed by atoms with Gasteiger partial charge in [0, 0.05) is 26.1 Å². The Bertz CT molecular complexity index is 609. The molecule has 1 atom stereocenters. The third-order valence-corrected chi connectivity index (χ3v) is 5.18. The second-order valence-electron chi connectivity index (χ2n) is 7.42. The van der Waals surface area contributed by atoms with Crippen LogP contribution in [0.2, 0.25) is 0 Å². The minimum absolute atomic E-state index is 0.249. The van der Waals surface area contributed by atoms with Gasteiger partial charge in [-0.15, -0.1) is 0 Å². The molecule has 1 aliphatic heterocycles. The summed E-state index contributed by atoms with van der Waals surface area (Å²) in [6, 6.07) is 0.249. The summed E-state index contributed by atoms with van der Waals surface area (Å²) in [6.07, 6.45) is 6.98. The number of methoxy groups -OCH3 is 1. The van der Waals surface area contributed by atoms with Crippen LogP contribution in [0.5, 0.6) is 0 Å². The third-order valence-electron chi connectivity index (χ3n) is 5.18. The number of aliphatic hydroxyl groups is 1. The number of nitrogens with zero attached hydrogens (tertiary/aromatic N) is 4. The Hall–Kier alpha value is -1.67. The molecule has 2 aliphatic rings. The van der Waals surface area contributed by atoms with Crippen molar-refractivity contribution in [2.45, 2.75) is 76.7 Å². The Morgan fingerprint density at radius 3 is 2.92 bits per heavy atom. The second kappa shape index (κ2) is 8.81. The monoisotopic (exact) mass is 364 g/mol. The van der Waals surface area contributed by atoms with Crippen LogP contribution in [-0.2, 0) is 24.3 Å². The zero-order valence-electron chi connectivity index (χ0n) is 16.0. The van der Waals surface area contributed by atoms with E-state index in [4.69, 9.17) is 4.74 Å². The lowest BCUT2D eigenvalue weighted by Crippen LogP contribution is -2.48. The summed E-state index contributed by atoms with van der Waals surface area (Å²) >= 11 is 0. The molecule has 0 amide bonds. The maximum Gasteiger partial charge on any atom is 0.191 e. The lowest BCUT2D eigenvalue weighted by atomic mass is 9.85. The van der Waals surface area contributed by atoms with Crippen molar-refractivity contribution in [3.05, 3.63) is 11.6 Å². The van der Waals surface area contributed by atoms with Crippen LogP contribution in [0.15, 0.2) is 4.99 Å². The van der Waals surface area contributed by atoms with Gasteiger partial charge in [0.05, 0.1) is 18.7 Å². The highest BCUT2D eigenvalue weighted by Crippen LogP contribution is 2.28. The van der Waals surface area contributed by atoms with Gasteiger partial charge in [-0.1, -0.05) is 19.3 Å². The Labute approximate surface area is 155 Å². The third kappa shape index (κ3) is 4.94. The van der Waals surface area contributed by atoms with Gasteiger partial charge < -0.3 is 20.5 Å². The number of rotatable bonds is 6. The number of nitrogens with one attached hydrogen (secondary N) is 2. The molecule has 146 valence electrons. The van der Waals surface area contributed by atoms with Gasteiger partial charge in [-0.3, -0.25) is 4.99 Å². The molecule has 8 nitrogen and oxygen atoms in total. The molecule has 0 radical (unpaired) electrons. The normalized spacial score (nSPS) is 22.7. The highest BCUT2D eigenvalue weighted by Gasteiger charge is 2.29. The highest BCUT2D eigenvalue weighted by molar-refractivity contribution is 5.80. The average Bonchev–Trinajstić information content (AvgIpc) is 3.03. The number of aryl methyl sites for hydroxylation is 1. The van der Waals surface area contributed by atoms with Gasteiger partial charge in [0.25, 0.3) is 0 Å². The van der Waals surface area contributed by atoms with Gasteiger partial charge in [-0.25, -0.2) is 9.67 Å². The van der Waals surface area contributed by atoms with E-state index in [2.05, 4.69) is 32.6 Å². The maximum absolute atomic E-state index is 10.7. The summed E-state index contributed by atoms with van der Waals surface area (Å²) in [5.74, 6) is 2.54. The molecular formula is C18H32N6O2. The van der Waals surface area contributed by atoms with Crippen molar-refractivity contribution in [1.29, 1.82) is 0 Å². The Kier molecular flexibility index (Phi) is 6.48. The van der Waals surface area contributed by atoms with Crippen molar-refractivity contribution in [1.82, 2.24) is 25.4 Å². The number of hydrogen-bond donors (Lipinski definition) is 3. The number of guanidine groups is 1. The fourth-order valence-corrected chi connectivity index (χ4v) is 3.78. The number of aliphatic imine (C=N–C) groups is 1. The molecule has 0 spiro atoms. The number of hydrogen-bond acceptors (Lipinski definition) is 5. The maximum atomic E-state index is 10.7. The van der Waals surface area contributed by atoms with Crippen molar-refractivity contribution in [3.63, 3.8) is 0 Å². The molecule has 0 aromatic carbocycles. The SMILES string of the molecule is CCNC(=NCC1(O)CCCCC1)NC1CCc2nc(COC)nn2C1. The van der Waals surface area contributed by atoms with Crippen molar-refractivity contribution in [3.8, 4) is 0 Å². The summed E-state index contributed by atoms with van der Waals surface area (Å²) in [4.78, 5) is 9.19. The molecule has 1 saturated carbocycles. The van der Waals surface area contributed by atoms with Gasteiger partial charge in [-0.05, 0) is 26.2 Å². The van der Waals surface area contributed by atoms with E-state index in [1.165, 1.54) is 6.42 Å². The fourth-order valence-electron chi connectivity index (χ4n) is 3.78. The first-order chi connectivity index (χ1) is 12.6. The van der Waals surface area contributed by atoms with Crippen LogP contribution in [0.3, 0.4) is 0 Å². The summed E-state index contributed by atoms with van der Waals surface area (Å²) in [7, 11) is 1.66. The van der Waals surface area contributed by atoms with E-state index in [1.54, 1.807) is 7.11 Å². The molecule has 8 heteroatoms. The minimum Gasteiger partial charge on any atom is -0.388 e. The first-order valence-electron chi connectivity index (χ1n) is 9.80. The predicted molar refractivity (Wildman–Crippen MR) is 100.0 cm³/mol. The molecule has 1 aliphatic carbocycles. The number of fused-ring (bicyclic) bond motifs is 1. The molecule has 1 unspecified atom stereocenters. The zero-order chi connectivity index (χ0) is 18.4. The minimum atomic E-state index is -0.638. The van der Waals surface area contributed by atoms with E-state index < -0.39 is 5.60 Å². The molecule has 3 rings (SSSR count). The van der Waals surface area contributed by atoms with E-state index in [-0.39, 0.29) is 6.04 Å². The average molecular weight is 364 g/mol. The molecule has 1 aromatic rings. The van der Waals surface area contributed by atoms with Gasteiger partial charge in [0.2, 0.25) is 0 Å².